The van der Waals surface area contributed by atoms with Gasteiger partial charge in [-0.25, -0.2) is 9.37 Å². The van der Waals surface area contributed by atoms with E-state index in [1.165, 1.54) is 30.5 Å². The summed E-state index contributed by atoms with van der Waals surface area (Å²) in [5.74, 6) is -1.93. The number of hydrogen-bond donors (Lipinski definition) is 3. The number of thiazole rings is 1. The van der Waals surface area contributed by atoms with Crippen LogP contribution in [0.3, 0.4) is 0 Å². The lowest BCUT2D eigenvalue weighted by atomic mass is 10.1. The van der Waals surface area contributed by atoms with Gasteiger partial charge in [-0.1, -0.05) is 23.2 Å². The number of nitrogens with one attached hydrogen (secondary N) is 3. The van der Waals surface area contributed by atoms with E-state index in [0.717, 1.165) is 15.2 Å². The fourth-order valence-corrected chi connectivity index (χ4v) is 5.49. The fraction of sp³-hybridized carbons (Fsp3) is 0.353. The molecule has 14 heteroatoms. The molecule has 0 radical (unpaired) electrons. The molecular weight excluding hydrogens is 492 g/mol. The lowest BCUT2D eigenvalue weighted by Gasteiger charge is -2.35. The molecule has 1 aliphatic heterocycles. The minimum Gasteiger partial charge on any atom is -0.350 e. The molecule has 3 N–H and O–H groups in total. The van der Waals surface area contributed by atoms with Crippen molar-refractivity contribution in [3.63, 3.8) is 0 Å². The molecule has 3 rings (SSSR count). The van der Waals surface area contributed by atoms with Gasteiger partial charge >= 0.3 is 0 Å². The molecule has 0 aliphatic carbocycles. The third kappa shape index (κ3) is 5.51. The molecule has 2 heterocycles. The molecule has 1 aliphatic rings. The number of rotatable bonds is 5. The van der Waals surface area contributed by atoms with Crippen LogP contribution in [0.15, 0.2) is 18.2 Å². The maximum absolute atomic E-state index is 13.3. The zero-order chi connectivity index (χ0) is 22.9. The van der Waals surface area contributed by atoms with E-state index in [1.54, 1.807) is 6.92 Å². The van der Waals surface area contributed by atoms with Gasteiger partial charge in [-0.3, -0.25) is 9.59 Å². The molecule has 9 nitrogen and oxygen atoms in total. The summed E-state index contributed by atoms with van der Waals surface area (Å²) in [6.45, 7) is 1.86. The zero-order valence-corrected chi connectivity index (χ0v) is 19.4. The van der Waals surface area contributed by atoms with Crippen molar-refractivity contribution in [2.75, 3.05) is 12.4 Å². The molecule has 168 valence electrons. The van der Waals surface area contributed by atoms with Gasteiger partial charge in [-0.05, 0) is 31.5 Å². The molecule has 1 aromatic heterocycles. The van der Waals surface area contributed by atoms with Gasteiger partial charge in [0.1, 0.15) is 17.9 Å². The van der Waals surface area contributed by atoms with Gasteiger partial charge in [0.05, 0.1) is 17.3 Å². The van der Waals surface area contributed by atoms with Crippen LogP contribution < -0.4 is 15.4 Å². The topological polar surface area (TPSA) is 120 Å². The van der Waals surface area contributed by atoms with Crippen LogP contribution in [0.5, 0.6) is 0 Å². The van der Waals surface area contributed by atoms with Crippen LogP contribution in [-0.4, -0.2) is 48.7 Å². The third-order valence-corrected chi connectivity index (χ3v) is 7.81. The first kappa shape index (κ1) is 23.8. The van der Waals surface area contributed by atoms with Gasteiger partial charge < -0.3 is 10.6 Å². The van der Waals surface area contributed by atoms with E-state index in [9.17, 15) is 22.4 Å². The summed E-state index contributed by atoms with van der Waals surface area (Å²) >= 11 is 12.8. The first-order valence-corrected chi connectivity index (χ1v) is 11.9. The number of carbonyl (C=O) groups is 2. The van der Waals surface area contributed by atoms with E-state index in [-0.39, 0.29) is 23.7 Å². The number of carbonyl (C=O) groups excluding carboxylic acids is 2. The predicted molar refractivity (Wildman–Crippen MR) is 116 cm³/mol. The molecule has 0 spiro atoms. The summed E-state index contributed by atoms with van der Waals surface area (Å²) in [4.78, 5) is 30.1. The van der Waals surface area contributed by atoms with Crippen molar-refractivity contribution in [2.45, 2.75) is 32.0 Å². The van der Waals surface area contributed by atoms with Gasteiger partial charge in [-0.15, -0.1) is 11.3 Å². The first-order valence-electron chi connectivity index (χ1n) is 8.88. The van der Waals surface area contributed by atoms with E-state index in [4.69, 9.17) is 23.2 Å². The Morgan fingerprint density at radius 1 is 1.35 bits per heavy atom. The second-order valence-electron chi connectivity index (χ2n) is 6.75. The standard InChI is InChI=1S/C17H18Cl2FN5O4S2/c1-8-14(30-17(19)22-8)7-21-15(26)12-6-13(25(2)31(28,29)24-12)16(27)23-9-3-4-11(20)10(18)5-9/h3-5,12-13,24H,6-7H2,1-2H3,(H,21,26)(H,23,27). The van der Waals surface area contributed by atoms with Gasteiger partial charge in [0.2, 0.25) is 11.8 Å². The molecule has 1 aromatic carbocycles. The number of aryl methyl sites for hydroxylation is 1. The average Bonchev–Trinajstić information content (AvgIpc) is 3.01. The molecule has 2 amide bonds. The number of halogens is 3. The van der Waals surface area contributed by atoms with Crippen molar-refractivity contribution in [1.29, 1.82) is 0 Å². The SMILES string of the molecule is Cc1nc(Cl)sc1CNC(=O)C1CC(C(=O)Nc2ccc(F)c(Cl)c2)N(C)S(=O)(=O)N1. The van der Waals surface area contributed by atoms with Crippen molar-refractivity contribution in [2.24, 2.45) is 0 Å². The highest BCUT2D eigenvalue weighted by Crippen LogP contribution is 2.24. The van der Waals surface area contributed by atoms with Crippen molar-refractivity contribution >= 4 is 62.2 Å². The molecule has 0 bridgehead atoms. The van der Waals surface area contributed by atoms with Crippen molar-refractivity contribution in [3.8, 4) is 0 Å². The summed E-state index contributed by atoms with van der Waals surface area (Å²) in [6, 6.07) is 1.23. The Labute approximate surface area is 192 Å². The molecule has 1 saturated heterocycles. The third-order valence-electron chi connectivity index (χ3n) is 4.66. The van der Waals surface area contributed by atoms with E-state index in [0.29, 0.717) is 10.2 Å². The van der Waals surface area contributed by atoms with Crippen LogP contribution in [0.25, 0.3) is 0 Å². The molecule has 1 fully saturated rings. The average molecular weight is 510 g/mol. The molecule has 0 saturated carbocycles. The van der Waals surface area contributed by atoms with Gasteiger partial charge in [0.15, 0.2) is 4.47 Å². The van der Waals surface area contributed by atoms with Crippen LogP contribution in [0.1, 0.15) is 17.0 Å². The Hall–Kier alpha value is -1.83. The van der Waals surface area contributed by atoms with Crippen LogP contribution in [0.4, 0.5) is 10.1 Å². The zero-order valence-electron chi connectivity index (χ0n) is 16.3. The Bertz CT molecular complexity index is 1130. The largest absolute Gasteiger partial charge is 0.350 e. The van der Waals surface area contributed by atoms with Gasteiger partial charge in [0.25, 0.3) is 10.2 Å². The Balaban J connectivity index is 1.71. The monoisotopic (exact) mass is 509 g/mol. The molecule has 2 aromatic rings. The van der Waals surface area contributed by atoms with E-state index in [1.807, 2.05) is 0 Å². The van der Waals surface area contributed by atoms with Crippen LogP contribution in [0, 0.1) is 12.7 Å². The maximum Gasteiger partial charge on any atom is 0.280 e. The molecule has 31 heavy (non-hydrogen) atoms. The summed E-state index contributed by atoms with van der Waals surface area (Å²) in [5, 5.41) is 4.94. The molecular formula is C17H18Cl2FN5O4S2. The predicted octanol–water partition coefficient (Wildman–Crippen LogP) is 2.06. The Morgan fingerprint density at radius 3 is 2.68 bits per heavy atom. The lowest BCUT2D eigenvalue weighted by molar-refractivity contribution is -0.124. The number of nitrogens with zero attached hydrogens (tertiary/aromatic N) is 2. The second-order valence-corrected chi connectivity index (χ2v) is 10.6. The van der Waals surface area contributed by atoms with Crippen LogP contribution in [-0.2, 0) is 26.3 Å². The van der Waals surface area contributed by atoms with Gasteiger partial charge in [-0.2, -0.15) is 17.4 Å². The van der Waals surface area contributed by atoms with Gasteiger partial charge in [0, 0.05) is 17.6 Å². The van der Waals surface area contributed by atoms with Crippen molar-refractivity contribution in [1.82, 2.24) is 19.3 Å². The summed E-state index contributed by atoms with van der Waals surface area (Å²) in [7, 11) is -2.88. The summed E-state index contributed by atoms with van der Waals surface area (Å²) in [6.07, 6.45) is -0.120. The van der Waals surface area contributed by atoms with E-state index < -0.39 is 39.9 Å². The lowest BCUT2D eigenvalue weighted by Crippen LogP contribution is -2.62. The highest BCUT2D eigenvalue weighted by atomic mass is 35.5. The first-order chi connectivity index (χ1) is 14.5. The normalized spacial score (nSPS) is 20.9. The molecule has 2 atom stereocenters. The number of amides is 2. The summed E-state index contributed by atoms with van der Waals surface area (Å²) < 4.78 is 41.7. The number of benzene rings is 1. The van der Waals surface area contributed by atoms with Crippen LogP contribution >= 0.6 is 34.5 Å². The minimum atomic E-state index is -4.10. The number of aromatic nitrogens is 1. The molecule has 2 unspecified atom stereocenters. The highest BCUT2D eigenvalue weighted by Gasteiger charge is 2.42. The summed E-state index contributed by atoms with van der Waals surface area (Å²) in [5.41, 5.74) is 0.855. The minimum absolute atomic E-state index is 0.119. The number of hydrogen-bond acceptors (Lipinski definition) is 6. The quantitative estimate of drug-likeness (QED) is 0.569. The second kappa shape index (κ2) is 9.35. The fourth-order valence-electron chi connectivity index (χ4n) is 2.93. The Kier molecular flexibility index (Phi) is 7.18. The van der Waals surface area contributed by atoms with Crippen LogP contribution in [0.2, 0.25) is 9.49 Å². The van der Waals surface area contributed by atoms with Crippen molar-refractivity contribution < 1.29 is 22.4 Å². The number of anilines is 1. The van der Waals surface area contributed by atoms with E-state index in [2.05, 4.69) is 20.3 Å². The van der Waals surface area contributed by atoms with E-state index >= 15 is 0 Å². The highest BCUT2D eigenvalue weighted by molar-refractivity contribution is 7.87. The number of likely N-dealkylation sites (N-methyl/N-ethyl adjacent to an activating group) is 1. The smallest absolute Gasteiger partial charge is 0.280 e. The maximum atomic E-state index is 13.3. The van der Waals surface area contributed by atoms with Crippen molar-refractivity contribution in [3.05, 3.63) is 44.1 Å². The Morgan fingerprint density at radius 2 is 2.06 bits per heavy atom.